The van der Waals surface area contributed by atoms with Crippen molar-refractivity contribution in [3.8, 4) is 5.88 Å². The molecule has 2 rings (SSSR count). The molecular formula is C14H13F5N2O3. The van der Waals surface area contributed by atoms with E-state index in [1.54, 1.807) is 0 Å². The molecule has 1 heterocycles. The number of hydrogen-bond acceptors (Lipinski definition) is 5. The number of aromatic nitrogens is 1. The lowest BCUT2D eigenvalue weighted by Crippen LogP contribution is -2.33. The zero-order chi connectivity index (χ0) is 17.9. The van der Waals surface area contributed by atoms with Gasteiger partial charge in [-0.05, 0) is 22.9 Å². The number of aliphatic hydroxyl groups excluding tert-OH is 1. The Morgan fingerprint density at radius 1 is 1.25 bits per heavy atom. The van der Waals surface area contributed by atoms with Crippen molar-refractivity contribution < 1.29 is 36.3 Å². The normalized spacial score (nSPS) is 14.7. The van der Waals surface area contributed by atoms with Crippen molar-refractivity contribution in [3.63, 3.8) is 0 Å². The van der Waals surface area contributed by atoms with Crippen LogP contribution in [0.5, 0.6) is 5.88 Å². The lowest BCUT2D eigenvalue weighted by molar-refractivity contribution is -0.255. The predicted molar refractivity (Wildman–Crippen MR) is 71.1 cm³/mol. The molecule has 1 aromatic carbocycles. The molecule has 0 aliphatic heterocycles. The Bertz CT molecular complexity index is 663. The molecular weight excluding hydrogens is 339 g/mol. The Balaban J connectivity index is 1.99. The highest BCUT2D eigenvalue weighted by Gasteiger charge is 2.44. The number of nitrogens with zero attached hydrogens (tertiary/aromatic N) is 1. The van der Waals surface area contributed by atoms with Crippen molar-refractivity contribution in [1.82, 2.24) is 5.16 Å². The Kier molecular flexibility index (Phi) is 5.40. The van der Waals surface area contributed by atoms with E-state index < -0.39 is 36.4 Å². The molecule has 1 aromatic heterocycles. The topological polar surface area (TPSA) is 81.5 Å². The Labute approximate surface area is 132 Å². The Morgan fingerprint density at radius 2 is 1.88 bits per heavy atom. The minimum absolute atomic E-state index is 0.0521. The van der Waals surface area contributed by atoms with Crippen molar-refractivity contribution in [2.24, 2.45) is 5.73 Å². The molecule has 0 saturated heterocycles. The molecule has 24 heavy (non-hydrogen) atoms. The summed E-state index contributed by atoms with van der Waals surface area (Å²) in [5, 5.41) is 13.1. The maximum absolute atomic E-state index is 12.8. The maximum Gasteiger partial charge on any atom is 0.462 e. The number of hydrogen-bond donors (Lipinski definition) is 2. The van der Waals surface area contributed by atoms with Gasteiger partial charge in [0.25, 0.3) is 5.88 Å². The van der Waals surface area contributed by atoms with E-state index in [4.69, 9.17) is 5.73 Å². The number of aliphatic hydroxyl groups is 1. The highest BCUT2D eigenvalue weighted by molar-refractivity contribution is 5.21. The molecule has 3 N–H and O–H groups in total. The summed E-state index contributed by atoms with van der Waals surface area (Å²) in [5.74, 6) is -1.38. The summed E-state index contributed by atoms with van der Waals surface area (Å²) in [6, 6.07) is 4.87. The zero-order valence-electron chi connectivity index (χ0n) is 12.0. The van der Waals surface area contributed by atoms with E-state index in [-0.39, 0.29) is 12.2 Å². The summed E-state index contributed by atoms with van der Waals surface area (Å²) in [4.78, 5) is 0. The minimum atomic E-state index is -4.70. The number of rotatable bonds is 7. The number of benzene rings is 1. The molecule has 0 bridgehead atoms. The van der Waals surface area contributed by atoms with E-state index in [1.807, 2.05) is 0 Å². The third-order valence-corrected chi connectivity index (χ3v) is 3.09. The van der Waals surface area contributed by atoms with Crippen LogP contribution in [0.1, 0.15) is 17.4 Å². The maximum atomic E-state index is 12.8. The van der Waals surface area contributed by atoms with Crippen molar-refractivity contribution >= 4 is 0 Å². The first kappa shape index (κ1) is 18.1. The highest BCUT2D eigenvalue weighted by Crippen LogP contribution is 2.28. The molecule has 0 saturated carbocycles. The Morgan fingerprint density at radius 3 is 2.46 bits per heavy atom. The van der Waals surface area contributed by atoms with Gasteiger partial charge in [0.15, 0.2) is 0 Å². The number of nitrogens with two attached hydrogens (primary N) is 1. The van der Waals surface area contributed by atoms with Gasteiger partial charge in [0, 0.05) is 18.5 Å². The molecule has 0 aliphatic rings. The van der Waals surface area contributed by atoms with Crippen LogP contribution in [0.4, 0.5) is 22.0 Å². The monoisotopic (exact) mass is 352 g/mol. The van der Waals surface area contributed by atoms with Crippen LogP contribution in [0.15, 0.2) is 34.9 Å². The van der Waals surface area contributed by atoms with Gasteiger partial charge in [0.1, 0.15) is 11.6 Å². The van der Waals surface area contributed by atoms with Gasteiger partial charge in [0.2, 0.25) is 0 Å². The SMILES string of the molecule is NC(Cc1cc(OC(F)(F)C(F)F)no1)C(O)c1ccc(F)cc1. The fraction of sp³-hybridized carbons (Fsp3) is 0.357. The van der Waals surface area contributed by atoms with Crippen LogP contribution >= 0.6 is 0 Å². The molecule has 2 unspecified atom stereocenters. The molecule has 0 spiro atoms. The summed E-state index contributed by atoms with van der Waals surface area (Å²) in [6.45, 7) is 0. The van der Waals surface area contributed by atoms with Gasteiger partial charge in [-0.2, -0.15) is 17.6 Å². The standard InChI is InChI=1S/C14H13F5N2O3/c15-8-3-1-7(2-4-8)12(22)10(20)5-9-6-11(21-24-9)23-14(18,19)13(16)17/h1-4,6,10,12-13,22H,5,20H2. The van der Waals surface area contributed by atoms with Crippen LogP contribution in [0.2, 0.25) is 0 Å². The van der Waals surface area contributed by atoms with Crippen LogP contribution in [0.3, 0.4) is 0 Å². The van der Waals surface area contributed by atoms with Gasteiger partial charge in [-0.3, -0.25) is 0 Å². The molecule has 0 radical (unpaired) electrons. The van der Waals surface area contributed by atoms with Crippen LogP contribution in [-0.4, -0.2) is 28.8 Å². The van der Waals surface area contributed by atoms with Gasteiger partial charge < -0.3 is 20.1 Å². The molecule has 0 aliphatic carbocycles. The summed E-state index contributed by atoms with van der Waals surface area (Å²) in [5.41, 5.74) is 6.10. The van der Waals surface area contributed by atoms with E-state index in [1.165, 1.54) is 12.1 Å². The zero-order valence-corrected chi connectivity index (χ0v) is 12.0. The Hall–Kier alpha value is -2.20. The third kappa shape index (κ3) is 4.42. The van der Waals surface area contributed by atoms with Crippen LogP contribution in [-0.2, 0) is 6.42 Å². The fourth-order valence-corrected chi connectivity index (χ4v) is 1.87. The van der Waals surface area contributed by atoms with Gasteiger partial charge in [-0.25, -0.2) is 4.39 Å². The molecule has 2 aromatic rings. The second-order valence-corrected chi connectivity index (χ2v) is 4.96. The number of alkyl halides is 4. The van der Waals surface area contributed by atoms with Crippen molar-refractivity contribution in [3.05, 3.63) is 47.5 Å². The largest absolute Gasteiger partial charge is 0.462 e. The average Bonchev–Trinajstić information content (AvgIpc) is 2.93. The van der Waals surface area contributed by atoms with E-state index in [9.17, 15) is 27.1 Å². The molecule has 10 heteroatoms. The second kappa shape index (κ2) is 7.14. The summed E-state index contributed by atoms with van der Waals surface area (Å²) in [7, 11) is 0. The van der Waals surface area contributed by atoms with Crippen LogP contribution in [0, 0.1) is 5.82 Å². The van der Waals surface area contributed by atoms with E-state index in [0.29, 0.717) is 5.56 Å². The minimum Gasteiger partial charge on any atom is -0.407 e. The van der Waals surface area contributed by atoms with Crippen molar-refractivity contribution in [2.45, 2.75) is 31.1 Å². The second-order valence-electron chi connectivity index (χ2n) is 4.96. The molecule has 2 atom stereocenters. The summed E-state index contributed by atoms with van der Waals surface area (Å²) in [6.07, 6.45) is -10.1. The molecule has 132 valence electrons. The number of ether oxygens (including phenoxy) is 1. The van der Waals surface area contributed by atoms with Crippen molar-refractivity contribution in [2.75, 3.05) is 0 Å². The first-order valence-corrected chi connectivity index (χ1v) is 6.68. The number of halogens is 5. The van der Waals surface area contributed by atoms with Gasteiger partial charge in [-0.1, -0.05) is 12.1 Å². The smallest absolute Gasteiger partial charge is 0.407 e. The van der Waals surface area contributed by atoms with Gasteiger partial charge >= 0.3 is 12.5 Å². The molecule has 0 fully saturated rings. The van der Waals surface area contributed by atoms with E-state index in [2.05, 4.69) is 14.4 Å². The van der Waals surface area contributed by atoms with Crippen LogP contribution < -0.4 is 10.5 Å². The average molecular weight is 352 g/mol. The van der Waals surface area contributed by atoms with E-state index in [0.717, 1.165) is 18.2 Å². The van der Waals surface area contributed by atoms with E-state index >= 15 is 0 Å². The lowest BCUT2D eigenvalue weighted by atomic mass is 9.99. The highest BCUT2D eigenvalue weighted by atomic mass is 19.3. The fourth-order valence-electron chi connectivity index (χ4n) is 1.87. The predicted octanol–water partition coefficient (Wildman–Crippen LogP) is 2.65. The summed E-state index contributed by atoms with van der Waals surface area (Å²) >= 11 is 0. The molecule has 0 amide bonds. The van der Waals surface area contributed by atoms with Gasteiger partial charge in [0.05, 0.1) is 6.10 Å². The third-order valence-electron chi connectivity index (χ3n) is 3.09. The first-order valence-electron chi connectivity index (χ1n) is 6.68. The van der Waals surface area contributed by atoms with Crippen LogP contribution in [0.25, 0.3) is 0 Å². The quantitative estimate of drug-likeness (QED) is 0.749. The first-order chi connectivity index (χ1) is 11.2. The van der Waals surface area contributed by atoms with Crippen molar-refractivity contribution in [1.29, 1.82) is 0 Å². The summed E-state index contributed by atoms with van der Waals surface area (Å²) < 4.78 is 70.8. The van der Waals surface area contributed by atoms with Gasteiger partial charge in [-0.15, -0.1) is 0 Å². The molecule has 5 nitrogen and oxygen atoms in total. The lowest BCUT2D eigenvalue weighted by Gasteiger charge is -2.17.